The van der Waals surface area contributed by atoms with Crippen LogP contribution in [-0.2, 0) is 6.61 Å². The van der Waals surface area contributed by atoms with E-state index in [1.165, 1.54) is 24.4 Å². The molecule has 0 aliphatic rings. The van der Waals surface area contributed by atoms with Crippen molar-refractivity contribution in [3.63, 3.8) is 0 Å². The second kappa shape index (κ2) is 9.67. The highest BCUT2D eigenvalue weighted by molar-refractivity contribution is 6.35. The van der Waals surface area contributed by atoms with E-state index in [-0.39, 0.29) is 36.0 Å². The molecule has 0 saturated carbocycles. The van der Waals surface area contributed by atoms with Crippen molar-refractivity contribution in [2.75, 3.05) is 12.3 Å². The summed E-state index contributed by atoms with van der Waals surface area (Å²) >= 11 is 12.3. The van der Waals surface area contributed by atoms with Gasteiger partial charge in [-0.25, -0.2) is 4.98 Å². The van der Waals surface area contributed by atoms with Crippen molar-refractivity contribution in [2.45, 2.75) is 12.7 Å². The first-order valence-electron chi connectivity index (χ1n) is 8.91. The number of hydrogen-bond donors (Lipinski definition) is 4. The number of aromatic hydroxyl groups is 1. The normalized spacial score (nSPS) is 11.7. The zero-order valence-electron chi connectivity index (χ0n) is 15.7. The lowest BCUT2D eigenvalue weighted by atomic mass is 10.1. The van der Waals surface area contributed by atoms with Crippen LogP contribution in [0.15, 0.2) is 54.7 Å². The number of rotatable bonds is 7. The Labute approximate surface area is 183 Å². The van der Waals surface area contributed by atoms with Gasteiger partial charge in [-0.1, -0.05) is 41.4 Å². The van der Waals surface area contributed by atoms with Gasteiger partial charge >= 0.3 is 0 Å². The molecule has 0 aliphatic carbocycles. The van der Waals surface area contributed by atoms with Crippen LogP contribution in [0.1, 0.15) is 27.6 Å². The van der Waals surface area contributed by atoms with Crippen LogP contribution < -0.4 is 15.8 Å². The fraction of sp³-hybridized carbons (Fsp3) is 0.143. The van der Waals surface area contributed by atoms with Gasteiger partial charge < -0.3 is 26.0 Å². The number of pyridine rings is 1. The maximum atomic E-state index is 12.4. The Balaban J connectivity index is 1.65. The quantitative estimate of drug-likeness (QED) is 0.438. The number of aromatic nitrogens is 1. The van der Waals surface area contributed by atoms with Gasteiger partial charge in [-0.2, -0.15) is 0 Å². The van der Waals surface area contributed by atoms with Crippen LogP contribution in [0.3, 0.4) is 0 Å². The largest absolute Gasteiger partial charge is 0.508 e. The summed E-state index contributed by atoms with van der Waals surface area (Å²) in [6, 6.07) is 12.6. The van der Waals surface area contributed by atoms with Crippen LogP contribution in [0.2, 0.25) is 10.0 Å². The van der Waals surface area contributed by atoms with Crippen molar-refractivity contribution in [1.82, 2.24) is 10.3 Å². The van der Waals surface area contributed by atoms with Crippen molar-refractivity contribution >= 4 is 34.9 Å². The number of carbonyl (C=O) groups is 1. The third-order valence-corrected chi connectivity index (χ3v) is 5.02. The summed E-state index contributed by atoms with van der Waals surface area (Å²) in [4.78, 5) is 16.4. The van der Waals surface area contributed by atoms with E-state index in [0.717, 1.165) is 0 Å². The average molecular weight is 448 g/mol. The lowest BCUT2D eigenvalue weighted by Gasteiger charge is -2.14. The van der Waals surface area contributed by atoms with Crippen LogP contribution in [-0.4, -0.2) is 27.6 Å². The average Bonchev–Trinajstić information content (AvgIpc) is 2.73. The summed E-state index contributed by atoms with van der Waals surface area (Å²) in [7, 11) is 0. The number of aliphatic hydroxyl groups is 1. The van der Waals surface area contributed by atoms with Gasteiger partial charge in [0, 0.05) is 28.4 Å². The molecule has 1 unspecified atom stereocenters. The van der Waals surface area contributed by atoms with Crippen LogP contribution in [0, 0.1) is 0 Å². The molecule has 30 heavy (non-hydrogen) atoms. The molecule has 3 rings (SSSR count). The van der Waals surface area contributed by atoms with Gasteiger partial charge in [0.25, 0.3) is 5.91 Å². The molecular weight excluding hydrogens is 429 g/mol. The second-order valence-corrected chi connectivity index (χ2v) is 7.23. The summed E-state index contributed by atoms with van der Waals surface area (Å²) in [5.74, 6) is -0.0499. The van der Waals surface area contributed by atoms with Gasteiger partial charge in [0.15, 0.2) is 11.6 Å². The zero-order chi connectivity index (χ0) is 21.7. The number of phenols is 1. The van der Waals surface area contributed by atoms with E-state index in [2.05, 4.69) is 10.3 Å². The number of nitrogen functional groups attached to an aromatic ring is 1. The fourth-order valence-electron chi connectivity index (χ4n) is 2.62. The maximum Gasteiger partial charge on any atom is 0.253 e. The number of ether oxygens (including phenoxy) is 1. The van der Waals surface area contributed by atoms with Gasteiger partial charge in [0.2, 0.25) is 0 Å². The first-order valence-corrected chi connectivity index (χ1v) is 9.67. The van der Waals surface area contributed by atoms with Crippen molar-refractivity contribution < 1.29 is 19.7 Å². The third-order valence-electron chi connectivity index (χ3n) is 4.31. The molecule has 1 heterocycles. The molecule has 0 bridgehead atoms. The predicted octanol–water partition coefficient (Wildman–Crippen LogP) is 3.72. The van der Waals surface area contributed by atoms with E-state index >= 15 is 0 Å². The van der Waals surface area contributed by atoms with Gasteiger partial charge in [-0.3, -0.25) is 4.79 Å². The molecule has 9 heteroatoms. The number of nitrogens with one attached hydrogen (secondary N) is 1. The minimum absolute atomic E-state index is 0.0284. The Morgan fingerprint density at radius 1 is 1.17 bits per heavy atom. The molecule has 7 nitrogen and oxygen atoms in total. The van der Waals surface area contributed by atoms with Crippen molar-refractivity contribution in [3.8, 4) is 11.5 Å². The summed E-state index contributed by atoms with van der Waals surface area (Å²) in [6.45, 7) is 0.0223. The molecule has 0 fully saturated rings. The number of benzene rings is 2. The highest BCUT2D eigenvalue weighted by Gasteiger charge is 2.14. The van der Waals surface area contributed by atoms with Crippen molar-refractivity contribution in [3.05, 3.63) is 81.5 Å². The number of hydrogen-bond acceptors (Lipinski definition) is 6. The van der Waals surface area contributed by atoms with Crippen LogP contribution >= 0.6 is 23.2 Å². The Morgan fingerprint density at radius 3 is 2.50 bits per heavy atom. The van der Waals surface area contributed by atoms with Crippen LogP contribution in [0.5, 0.6) is 11.5 Å². The number of aliphatic hydroxyl groups excluding tert-OH is 1. The highest BCUT2D eigenvalue weighted by atomic mass is 35.5. The molecule has 5 N–H and O–H groups in total. The lowest BCUT2D eigenvalue weighted by molar-refractivity contribution is 0.0915. The number of anilines is 1. The van der Waals surface area contributed by atoms with Gasteiger partial charge in [-0.05, 0) is 35.9 Å². The van der Waals surface area contributed by atoms with Crippen LogP contribution in [0.25, 0.3) is 0 Å². The van der Waals surface area contributed by atoms with Crippen molar-refractivity contribution in [1.29, 1.82) is 0 Å². The zero-order valence-corrected chi connectivity index (χ0v) is 17.2. The third kappa shape index (κ3) is 5.33. The number of nitrogens with zero attached hydrogens (tertiary/aromatic N) is 1. The van der Waals surface area contributed by atoms with E-state index in [1.807, 2.05) is 0 Å². The Hall–Kier alpha value is -3.00. The van der Waals surface area contributed by atoms with E-state index in [9.17, 15) is 15.0 Å². The lowest BCUT2D eigenvalue weighted by Crippen LogP contribution is -2.28. The number of carbonyl (C=O) groups excluding carboxylic acids is 1. The SMILES string of the molecule is Nc1ncc(C(=O)NCC(O)c2ccc(O)cc2)cc1OCc1c(Cl)cccc1Cl. The minimum Gasteiger partial charge on any atom is -0.508 e. The highest BCUT2D eigenvalue weighted by Crippen LogP contribution is 2.27. The number of phenolic OH excluding ortho intramolecular Hbond substituents is 1. The summed E-state index contributed by atoms with van der Waals surface area (Å²) in [5.41, 5.74) is 7.21. The number of halogens is 2. The number of nitrogens with two attached hydrogens (primary N) is 1. The van der Waals surface area contributed by atoms with E-state index in [0.29, 0.717) is 21.2 Å². The molecule has 156 valence electrons. The molecule has 0 spiro atoms. The Bertz CT molecular complexity index is 1020. The molecule has 2 aromatic carbocycles. The first kappa shape index (κ1) is 21.7. The molecular formula is C21H19Cl2N3O4. The standard InChI is InChI=1S/C21H19Cl2N3O4/c22-16-2-1-3-17(23)15(16)11-30-19-8-13(9-25-20(19)24)21(29)26-10-18(28)12-4-6-14(27)7-5-12/h1-9,18,27-28H,10-11H2,(H2,24,25)(H,26,29). The number of amides is 1. The smallest absolute Gasteiger partial charge is 0.253 e. The monoisotopic (exact) mass is 447 g/mol. The minimum atomic E-state index is -0.936. The predicted molar refractivity (Wildman–Crippen MR) is 115 cm³/mol. The fourth-order valence-corrected chi connectivity index (χ4v) is 3.13. The van der Waals surface area contributed by atoms with Crippen molar-refractivity contribution in [2.24, 2.45) is 0 Å². The van der Waals surface area contributed by atoms with E-state index in [1.54, 1.807) is 30.3 Å². The molecule has 1 amide bonds. The van der Waals surface area contributed by atoms with Gasteiger partial charge in [0.05, 0.1) is 11.7 Å². The van der Waals surface area contributed by atoms with Gasteiger partial charge in [0.1, 0.15) is 12.4 Å². The molecule has 0 saturated heterocycles. The van der Waals surface area contributed by atoms with Crippen LogP contribution in [0.4, 0.5) is 5.82 Å². The topological polar surface area (TPSA) is 118 Å². The molecule has 0 radical (unpaired) electrons. The Morgan fingerprint density at radius 2 is 1.83 bits per heavy atom. The summed E-state index contributed by atoms with van der Waals surface area (Å²) < 4.78 is 5.67. The molecule has 0 aliphatic heterocycles. The van der Waals surface area contributed by atoms with E-state index < -0.39 is 12.0 Å². The first-order chi connectivity index (χ1) is 14.3. The second-order valence-electron chi connectivity index (χ2n) is 6.41. The maximum absolute atomic E-state index is 12.4. The van der Waals surface area contributed by atoms with E-state index in [4.69, 9.17) is 33.7 Å². The molecule has 1 aromatic heterocycles. The Kier molecular flexibility index (Phi) is 6.99. The molecule has 3 aromatic rings. The summed E-state index contributed by atoms with van der Waals surface area (Å²) in [5, 5.41) is 23.0. The summed E-state index contributed by atoms with van der Waals surface area (Å²) in [6.07, 6.45) is 0.377. The molecule has 1 atom stereocenters. The van der Waals surface area contributed by atoms with Gasteiger partial charge in [-0.15, -0.1) is 0 Å².